The van der Waals surface area contributed by atoms with Gasteiger partial charge in [-0.25, -0.2) is 0 Å². The standard InChI is InChI=1S/C20H20N2O4S2/c1-12-19(24)22-16-10-14(4-7-17(16)26-12)21-18(23)11-25-15-5-2-13(3-6-15)20-27-8-9-28-20/h2-7,10,12,20H,8-9,11H2,1H3,(H,21,23)(H,22,24)/t12-/m0/s1. The van der Waals surface area contributed by atoms with Crippen LogP contribution in [0.1, 0.15) is 17.1 Å². The molecule has 0 saturated carbocycles. The Bertz CT molecular complexity index is 882. The zero-order valence-electron chi connectivity index (χ0n) is 15.3. The van der Waals surface area contributed by atoms with Crippen LogP contribution in [0.25, 0.3) is 0 Å². The van der Waals surface area contributed by atoms with Gasteiger partial charge in [0.25, 0.3) is 11.8 Å². The number of ether oxygens (including phenoxy) is 2. The average Bonchev–Trinajstić information content (AvgIpc) is 3.23. The van der Waals surface area contributed by atoms with Crippen molar-refractivity contribution in [1.29, 1.82) is 0 Å². The smallest absolute Gasteiger partial charge is 0.265 e. The Morgan fingerprint density at radius 3 is 2.71 bits per heavy atom. The predicted molar refractivity (Wildman–Crippen MR) is 113 cm³/mol. The summed E-state index contributed by atoms with van der Waals surface area (Å²) in [6.07, 6.45) is -0.529. The lowest BCUT2D eigenvalue weighted by Crippen LogP contribution is -2.34. The third-order valence-electron chi connectivity index (χ3n) is 4.34. The molecular weight excluding hydrogens is 396 g/mol. The van der Waals surface area contributed by atoms with Gasteiger partial charge in [-0.3, -0.25) is 9.59 Å². The van der Waals surface area contributed by atoms with Crippen LogP contribution in [-0.2, 0) is 9.59 Å². The molecule has 2 heterocycles. The summed E-state index contributed by atoms with van der Waals surface area (Å²) in [5, 5.41) is 5.53. The monoisotopic (exact) mass is 416 g/mol. The number of nitrogens with one attached hydrogen (secondary N) is 2. The van der Waals surface area contributed by atoms with Crippen LogP contribution < -0.4 is 20.1 Å². The van der Waals surface area contributed by atoms with Gasteiger partial charge in [-0.05, 0) is 42.8 Å². The molecule has 146 valence electrons. The second kappa shape index (κ2) is 8.36. The fraction of sp³-hybridized carbons (Fsp3) is 0.300. The maximum absolute atomic E-state index is 12.2. The van der Waals surface area contributed by atoms with E-state index in [0.717, 1.165) is 0 Å². The van der Waals surface area contributed by atoms with Crippen molar-refractivity contribution in [3.8, 4) is 11.5 Å². The highest BCUT2D eigenvalue weighted by molar-refractivity contribution is 8.19. The van der Waals surface area contributed by atoms with Gasteiger partial charge in [-0.15, -0.1) is 23.5 Å². The SMILES string of the molecule is C[C@@H]1Oc2ccc(NC(=O)COc3ccc(C4SCCS4)cc3)cc2NC1=O. The minimum absolute atomic E-state index is 0.0940. The van der Waals surface area contributed by atoms with E-state index in [0.29, 0.717) is 27.5 Å². The minimum atomic E-state index is -0.529. The van der Waals surface area contributed by atoms with Crippen LogP contribution in [0, 0.1) is 0 Å². The molecule has 2 N–H and O–H groups in total. The van der Waals surface area contributed by atoms with Crippen molar-refractivity contribution in [2.75, 3.05) is 28.7 Å². The van der Waals surface area contributed by atoms with Crippen molar-refractivity contribution < 1.29 is 19.1 Å². The van der Waals surface area contributed by atoms with Gasteiger partial charge in [0.2, 0.25) is 0 Å². The molecule has 0 spiro atoms. The van der Waals surface area contributed by atoms with Crippen molar-refractivity contribution in [3.05, 3.63) is 48.0 Å². The number of hydrogen-bond acceptors (Lipinski definition) is 6. The van der Waals surface area contributed by atoms with Gasteiger partial charge >= 0.3 is 0 Å². The van der Waals surface area contributed by atoms with E-state index in [9.17, 15) is 9.59 Å². The summed E-state index contributed by atoms with van der Waals surface area (Å²) >= 11 is 3.91. The zero-order valence-corrected chi connectivity index (χ0v) is 16.9. The number of hydrogen-bond donors (Lipinski definition) is 2. The molecule has 0 aromatic heterocycles. The lowest BCUT2D eigenvalue weighted by molar-refractivity contribution is -0.122. The summed E-state index contributed by atoms with van der Waals surface area (Å²) < 4.78 is 11.6. The number of rotatable bonds is 5. The Labute approximate surface area is 171 Å². The predicted octanol–water partition coefficient (Wildman–Crippen LogP) is 3.90. The highest BCUT2D eigenvalue weighted by atomic mass is 32.2. The molecule has 1 saturated heterocycles. The van der Waals surface area contributed by atoms with Crippen LogP contribution in [0.15, 0.2) is 42.5 Å². The molecule has 0 unspecified atom stereocenters. The van der Waals surface area contributed by atoms with Gasteiger partial charge in [0.1, 0.15) is 11.5 Å². The van der Waals surface area contributed by atoms with Crippen molar-refractivity contribution in [3.63, 3.8) is 0 Å². The maximum atomic E-state index is 12.2. The molecule has 4 rings (SSSR count). The first kappa shape index (κ1) is 19.0. The molecule has 2 aromatic rings. The quantitative estimate of drug-likeness (QED) is 0.770. The number of fused-ring (bicyclic) bond motifs is 1. The molecule has 2 aromatic carbocycles. The number of thioether (sulfide) groups is 2. The fourth-order valence-electron chi connectivity index (χ4n) is 2.90. The van der Waals surface area contributed by atoms with Crippen molar-refractivity contribution in [2.45, 2.75) is 17.6 Å². The molecule has 6 nitrogen and oxygen atoms in total. The Hall–Kier alpha value is -2.32. The van der Waals surface area contributed by atoms with E-state index < -0.39 is 6.10 Å². The van der Waals surface area contributed by atoms with Crippen molar-refractivity contribution in [2.24, 2.45) is 0 Å². The molecular formula is C20H20N2O4S2. The Kier molecular flexibility index (Phi) is 5.68. The van der Waals surface area contributed by atoms with E-state index in [2.05, 4.69) is 22.8 Å². The van der Waals surface area contributed by atoms with E-state index >= 15 is 0 Å². The molecule has 0 aliphatic carbocycles. The summed E-state index contributed by atoms with van der Waals surface area (Å²) in [7, 11) is 0. The van der Waals surface area contributed by atoms with Gasteiger partial charge in [0.15, 0.2) is 12.7 Å². The van der Waals surface area contributed by atoms with Crippen LogP contribution in [-0.4, -0.2) is 36.0 Å². The highest BCUT2D eigenvalue weighted by Gasteiger charge is 2.23. The largest absolute Gasteiger partial charge is 0.484 e. The number of amides is 2. The third-order valence-corrected chi connectivity index (χ3v) is 7.44. The van der Waals surface area contributed by atoms with Crippen LogP contribution >= 0.6 is 23.5 Å². The van der Waals surface area contributed by atoms with Gasteiger partial charge < -0.3 is 20.1 Å². The van der Waals surface area contributed by atoms with Gasteiger partial charge in [0.05, 0.1) is 10.3 Å². The number of carbonyl (C=O) groups excluding carboxylic acids is 2. The molecule has 2 aliphatic heterocycles. The molecule has 0 bridgehead atoms. The van der Waals surface area contributed by atoms with Crippen LogP contribution in [0.5, 0.6) is 11.5 Å². The van der Waals surface area contributed by atoms with Crippen LogP contribution in [0.2, 0.25) is 0 Å². The van der Waals surface area contributed by atoms with Crippen LogP contribution in [0.3, 0.4) is 0 Å². The van der Waals surface area contributed by atoms with E-state index in [1.807, 2.05) is 35.7 Å². The first-order valence-electron chi connectivity index (χ1n) is 8.96. The van der Waals surface area contributed by atoms with Crippen molar-refractivity contribution >= 4 is 46.7 Å². The average molecular weight is 417 g/mol. The van der Waals surface area contributed by atoms with Crippen LogP contribution in [0.4, 0.5) is 11.4 Å². The first-order chi connectivity index (χ1) is 13.6. The van der Waals surface area contributed by atoms with Gasteiger partial charge in [-0.1, -0.05) is 12.1 Å². The Morgan fingerprint density at radius 2 is 1.96 bits per heavy atom. The second-order valence-electron chi connectivity index (χ2n) is 6.44. The number of anilines is 2. The molecule has 2 amide bonds. The summed E-state index contributed by atoms with van der Waals surface area (Å²) in [4.78, 5) is 23.9. The summed E-state index contributed by atoms with van der Waals surface area (Å²) in [6, 6.07) is 13.0. The fourth-order valence-corrected chi connectivity index (χ4v) is 5.76. The topological polar surface area (TPSA) is 76.7 Å². The maximum Gasteiger partial charge on any atom is 0.265 e. The summed E-state index contributed by atoms with van der Waals surface area (Å²) in [6.45, 7) is 1.59. The van der Waals surface area contributed by atoms with E-state index in [-0.39, 0.29) is 18.4 Å². The minimum Gasteiger partial charge on any atom is -0.484 e. The van der Waals surface area contributed by atoms with Crippen molar-refractivity contribution in [1.82, 2.24) is 0 Å². The number of benzene rings is 2. The first-order valence-corrected chi connectivity index (χ1v) is 11.1. The third kappa shape index (κ3) is 4.39. The molecule has 1 atom stereocenters. The van der Waals surface area contributed by atoms with E-state index in [1.54, 1.807) is 25.1 Å². The molecule has 0 radical (unpaired) electrons. The molecule has 8 heteroatoms. The second-order valence-corrected chi connectivity index (χ2v) is 9.16. The summed E-state index contributed by atoms with van der Waals surface area (Å²) in [5.74, 6) is 3.13. The zero-order chi connectivity index (χ0) is 19.5. The van der Waals surface area contributed by atoms with E-state index in [4.69, 9.17) is 9.47 Å². The Balaban J connectivity index is 1.31. The lowest BCUT2D eigenvalue weighted by atomic mass is 10.2. The lowest BCUT2D eigenvalue weighted by Gasteiger charge is -2.23. The molecule has 28 heavy (non-hydrogen) atoms. The molecule has 1 fully saturated rings. The Morgan fingerprint density at radius 1 is 1.21 bits per heavy atom. The number of carbonyl (C=O) groups is 2. The van der Waals surface area contributed by atoms with Gasteiger partial charge in [-0.2, -0.15) is 0 Å². The summed E-state index contributed by atoms with van der Waals surface area (Å²) in [5.41, 5.74) is 2.38. The van der Waals surface area contributed by atoms with Gasteiger partial charge in [0, 0.05) is 17.2 Å². The normalized spacial score (nSPS) is 18.8. The highest BCUT2D eigenvalue weighted by Crippen LogP contribution is 2.45. The van der Waals surface area contributed by atoms with E-state index in [1.165, 1.54) is 17.1 Å². The molecule has 2 aliphatic rings.